The lowest BCUT2D eigenvalue weighted by atomic mass is 9.71. The van der Waals surface area contributed by atoms with Crippen LogP contribution in [0.15, 0.2) is 23.0 Å². The summed E-state index contributed by atoms with van der Waals surface area (Å²) < 4.78 is 68.0. The molecule has 1 saturated carbocycles. The highest BCUT2D eigenvalue weighted by Crippen LogP contribution is 2.67. The molecule has 1 spiro atoms. The minimum absolute atomic E-state index is 0.0480. The fraction of sp³-hybridized carbons (Fsp3) is 0.531. The average molecular weight is 693 g/mol. The molecule has 0 bridgehead atoms. The maximum atomic E-state index is 14.6. The number of rotatable bonds is 4. The van der Waals surface area contributed by atoms with E-state index < -0.39 is 52.1 Å². The summed E-state index contributed by atoms with van der Waals surface area (Å²) >= 11 is 5.93. The van der Waals surface area contributed by atoms with Crippen LogP contribution in [0, 0.1) is 11.7 Å². The molecule has 1 saturated heterocycles. The zero-order chi connectivity index (χ0) is 34.3. The van der Waals surface area contributed by atoms with E-state index in [-0.39, 0.29) is 28.9 Å². The number of nitrogens with zero attached hydrogens (tertiary/aromatic N) is 5. The van der Waals surface area contributed by atoms with Gasteiger partial charge < -0.3 is 24.3 Å². The second-order valence-corrected chi connectivity index (χ2v) is 14.1. The molecular weight excluding hydrogens is 660 g/mol. The van der Waals surface area contributed by atoms with Crippen LogP contribution < -0.4 is 10.9 Å². The Morgan fingerprint density at radius 2 is 1.92 bits per heavy atom. The van der Waals surface area contributed by atoms with E-state index in [1.807, 2.05) is 6.08 Å². The van der Waals surface area contributed by atoms with E-state index in [2.05, 4.69) is 10.4 Å². The summed E-state index contributed by atoms with van der Waals surface area (Å²) in [5.41, 5.74) is -1.46. The van der Waals surface area contributed by atoms with Gasteiger partial charge in [0.05, 0.1) is 24.5 Å². The SMILES string of the molecule is CC(C)(C)OC(=O)N1CCC2(CC1)c1c(n(CC(=O)Nc3ccc(C(F)(F)F)c(F)c3Cl)c3nc(C4=CCOCC4)nn3c1=O)[C@H]1C[C@H]12. The van der Waals surface area contributed by atoms with E-state index >= 15 is 0 Å². The molecule has 7 rings (SSSR count). The quantitative estimate of drug-likeness (QED) is 0.357. The molecule has 2 aliphatic heterocycles. The Kier molecular flexibility index (Phi) is 7.66. The second-order valence-electron chi connectivity index (χ2n) is 13.8. The average Bonchev–Trinajstić information content (AvgIpc) is 3.61. The summed E-state index contributed by atoms with van der Waals surface area (Å²) in [5, 5.41) is 6.14. The molecule has 0 unspecified atom stereocenters. The van der Waals surface area contributed by atoms with Gasteiger partial charge in [0, 0.05) is 35.7 Å². The molecule has 2 atom stereocenters. The van der Waals surface area contributed by atoms with Crippen LogP contribution in [-0.4, -0.2) is 68.0 Å². The summed E-state index contributed by atoms with van der Waals surface area (Å²) in [5.74, 6) is -1.89. The van der Waals surface area contributed by atoms with Gasteiger partial charge in [0.2, 0.25) is 11.7 Å². The lowest BCUT2D eigenvalue weighted by Gasteiger charge is -2.41. The highest BCUT2D eigenvalue weighted by atomic mass is 35.5. The third kappa shape index (κ3) is 5.44. The number of piperidine rings is 1. The van der Waals surface area contributed by atoms with Crippen molar-refractivity contribution in [1.29, 1.82) is 0 Å². The fourth-order valence-electron chi connectivity index (χ4n) is 7.48. The molecule has 2 aliphatic carbocycles. The minimum Gasteiger partial charge on any atom is -0.444 e. The van der Waals surface area contributed by atoms with Gasteiger partial charge in [0.15, 0.2) is 11.6 Å². The number of anilines is 1. The first-order chi connectivity index (χ1) is 22.6. The van der Waals surface area contributed by atoms with Gasteiger partial charge in [-0.15, -0.1) is 5.10 Å². The Morgan fingerprint density at radius 3 is 2.56 bits per heavy atom. The van der Waals surface area contributed by atoms with Crippen LogP contribution in [-0.2, 0) is 32.4 Å². The van der Waals surface area contributed by atoms with Gasteiger partial charge in [-0.25, -0.2) is 9.18 Å². The van der Waals surface area contributed by atoms with Gasteiger partial charge in [0.1, 0.15) is 17.2 Å². The zero-order valence-corrected chi connectivity index (χ0v) is 27.2. The smallest absolute Gasteiger partial charge is 0.419 e. The van der Waals surface area contributed by atoms with Crippen molar-refractivity contribution in [3.8, 4) is 0 Å². The normalized spacial score (nSPS) is 21.6. The fourth-order valence-corrected chi connectivity index (χ4v) is 7.69. The van der Waals surface area contributed by atoms with E-state index in [0.29, 0.717) is 68.7 Å². The van der Waals surface area contributed by atoms with Gasteiger partial charge in [-0.1, -0.05) is 17.7 Å². The van der Waals surface area contributed by atoms with E-state index in [0.717, 1.165) is 18.1 Å². The third-order valence-electron chi connectivity index (χ3n) is 9.66. The van der Waals surface area contributed by atoms with Crippen molar-refractivity contribution in [2.75, 3.05) is 31.6 Å². The number of halogens is 5. The molecule has 256 valence electrons. The van der Waals surface area contributed by atoms with Crippen LogP contribution in [0.1, 0.15) is 75.0 Å². The lowest BCUT2D eigenvalue weighted by Crippen LogP contribution is -2.49. The van der Waals surface area contributed by atoms with Crippen molar-refractivity contribution in [2.45, 2.75) is 76.1 Å². The van der Waals surface area contributed by atoms with Crippen molar-refractivity contribution in [3.05, 3.63) is 62.0 Å². The molecule has 1 aromatic carbocycles. The Hall–Kier alpha value is -3.98. The van der Waals surface area contributed by atoms with Crippen LogP contribution in [0.3, 0.4) is 0 Å². The van der Waals surface area contributed by atoms with E-state index in [4.69, 9.17) is 26.1 Å². The molecule has 4 aliphatic rings. The number of likely N-dealkylation sites (tertiary alicyclic amines) is 1. The monoisotopic (exact) mass is 692 g/mol. The Bertz CT molecular complexity index is 1940. The number of hydrogen-bond donors (Lipinski definition) is 1. The maximum Gasteiger partial charge on any atom is 0.419 e. The summed E-state index contributed by atoms with van der Waals surface area (Å²) in [6.07, 6.45) is -1.23. The Labute approximate surface area is 276 Å². The van der Waals surface area contributed by atoms with Crippen molar-refractivity contribution < 1.29 is 36.6 Å². The number of amides is 2. The van der Waals surface area contributed by atoms with Crippen molar-refractivity contribution in [2.24, 2.45) is 5.92 Å². The molecule has 3 aromatic rings. The second kappa shape index (κ2) is 11.3. The molecule has 1 N–H and O–H groups in total. The Balaban J connectivity index is 1.27. The number of fused-ring (bicyclic) bond motifs is 6. The zero-order valence-electron chi connectivity index (χ0n) is 26.4. The maximum absolute atomic E-state index is 14.6. The number of carbonyl (C=O) groups excluding carboxylic acids is 2. The summed E-state index contributed by atoms with van der Waals surface area (Å²) in [7, 11) is 0. The number of nitrogens with one attached hydrogen (secondary N) is 1. The predicted octanol–water partition coefficient (Wildman–Crippen LogP) is 5.53. The number of aromatic nitrogens is 4. The molecule has 2 amide bonds. The van der Waals surface area contributed by atoms with E-state index in [1.54, 1.807) is 30.2 Å². The summed E-state index contributed by atoms with van der Waals surface area (Å²) in [4.78, 5) is 47.1. The first-order valence-corrected chi connectivity index (χ1v) is 16.1. The molecule has 2 aromatic heterocycles. The molecule has 11 nitrogen and oxygen atoms in total. The van der Waals surface area contributed by atoms with Gasteiger partial charge in [-0.05, 0) is 70.1 Å². The minimum atomic E-state index is -4.97. The van der Waals surface area contributed by atoms with E-state index in [1.165, 1.54) is 4.52 Å². The number of carbonyl (C=O) groups is 2. The first kappa shape index (κ1) is 32.6. The topological polar surface area (TPSA) is 120 Å². The number of benzene rings is 1. The van der Waals surface area contributed by atoms with Crippen molar-refractivity contribution >= 4 is 40.6 Å². The van der Waals surface area contributed by atoms with Gasteiger partial charge in [0.25, 0.3) is 5.56 Å². The van der Waals surface area contributed by atoms with Crippen LogP contribution in [0.25, 0.3) is 11.4 Å². The molecule has 16 heteroatoms. The number of alkyl halides is 3. The van der Waals surface area contributed by atoms with Crippen molar-refractivity contribution in [1.82, 2.24) is 24.1 Å². The van der Waals surface area contributed by atoms with Crippen LogP contribution in [0.2, 0.25) is 5.02 Å². The molecular formula is C32H33ClF4N6O5. The third-order valence-corrected chi connectivity index (χ3v) is 10.0. The first-order valence-electron chi connectivity index (χ1n) is 15.7. The number of ether oxygens (including phenoxy) is 2. The van der Waals surface area contributed by atoms with Gasteiger partial charge in [-0.2, -0.15) is 22.7 Å². The summed E-state index contributed by atoms with van der Waals surface area (Å²) in [6.45, 7) is 6.57. The Morgan fingerprint density at radius 1 is 1.19 bits per heavy atom. The molecule has 4 heterocycles. The van der Waals surface area contributed by atoms with Gasteiger partial charge >= 0.3 is 12.3 Å². The van der Waals surface area contributed by atoms with Crippen LogP contribution in [0.5, 0.6) is 0 Å². The van der Waals surface area contributed by atoms with Crippen LogP contribution in [0.4, 0.5) is 28.0 Å². The van der Waals surface area contributed by atoms with Gasteiger partial charge in [-0.3, -0.25) is 9.59 Å². The predicted molar refractivity (Wildman–Crippen MR) is 165 cm³/mol. The molecule has 0 radical (unpaired) electrons. The largest absolute Gasteiger partial charge is 0.444 e. The van der Waals surface area contributed by atoms with E-state index in [9.17, 15) is 31.9 Å². The highest BCUT2D eigenvalue weighted by molar-refractivity contribution is 6.34. The standard InChI is InChI=1S/C32H33ClF4N6O5/c1-30(2,3)48-29(46)41-10-8-31(9-11-41)19-14-17(19)25-22(31)27(45)43-28(39-26(40-43)16-6-12-47-13-7-16)42(25)15-21(44)38-20-5-4-18(32(35,36)37)24(34)23(20)33/h4-6,17,19H,7-15H2,1-3H3,(H,38,44)/t17-,19+/m0/s1. The lowest BCUT2D eigenvalue weighted by molar-refractivity contribution is -0.140. The van der Waals surface area contributed by atoms with Crippen molar-refractivity contribution in [3.63, 3.8) is 0 Å². The molecule has 2 fully saturated rings. The molecule has 48 heavy (non-hydrogen) atoms. The number of hydrogen-bond acceptors (Lipinski definition) is 7. The van der Waals surface area contributed by atoms with Crippen LogP contribution >= 0.6 is 11.6 Å². The summed E-state index contributed by atoms with van der Waals surface area (Å²) in [6, 6.07) is 1.41. The highest BCUT2D eigenvalue weighted by Gasteiger charge is 2.64.